The van der Waals surface area contributed by atoms with Crippen LogP contribution in [0.5, 0.6) is 0 Å². The van der Waals surface area contributed by atoms with Gasteiger partial charge in [0.1, 0.15) is 0 Å². The standard InChI is InChI=1S/C14H26N2O4/c1-10(13(18)19)4-3-5-11(2)15-14(20)16-7-6-12(8-16)9-17/h10-12,17H,3-9H2,1-2H3,(H,15,20)(H,18,19). The number of likely N-dealkylation sites (tertiary alicyclic amines) is 1. The maximum Gasteiger partial charge on any atom is 0.317 e. The van der Waals surface area contributed by atoms with Gasteiger partial charge in [-0.05, 0) is 26.2 Å². The van der Waals surface area contributed by atoms with Crippen LogP contribution in [0.4, 0.5) is 4.79 Å². The highest BCUT2D eigenvalue weighted by Gasteiger charge is 2.26. The molecule has 6 heteroatoms. The van der Waals surface area contributed by atoms with Crippen LogP contribution in [0.3, 0.4) is 0 Å². The molecule has 20 heavy (non-hydrogen) atoms. The predicted octanol–water partition coefficient (Wildman–Crippen LogP) is 1.29. The first kappa shape index (κ1) is 16.8. The Morgan fingerprint density at radius 3 is 2.60 bits per heavy atom. The molecule has 0 radical (unpaired) electrons. The molecule has 0 aliphatic carbocycles. The largest absolute Gasteiger partial charge is 0.481 e. The predicted molar refractivity (Wildman–Crippen MR) is 75.4 cm³/mol. The summed E-state index contributed by atoms with van der Waals surface area (Å²) in [6.45, 7) is 5.07. The highest BCUT2D eigenvalue weighted by atomic mass is 16.4. The fraction of sp³-hybridized carbons (Fsp3) is 0.857. The molecule has 0 aromatic carbocycles. The molecule has 1 aliphatic heterocycles. The molecule has 6 nitrogen and oxygen atoms in total. The molecule has 2 amide bonds. The van der Waals surface area contributed by atoms with Crippen LogP contribution in [0.1, 0.15) is 39.5 Å². The number of nitrogens with one attached hydrogen (secondary N) is 1. The number of urea groups is 1. The van der Waals surface area contributed by atoms with Gasteiger partial charge >= 0.3 is 12.0 Å². The van der Waals surface area contributed by atoms with Crippen molar-refractivity contribution in [3.05, 3.63) is 0 Å². The zero-order valence-corrected chi connectivity index (χ0v) is 12.3. The monoisotopic (exact) mass is 286 g/mol. The highest BCUT2D eigenvalue weighted by Crippen LogP contribution is 2.16. The first-order valence-electron chi connectivity index (χ1n) is 7.33. The molecule has 3 N–H and O–H groups in total. The van der Waals surface area contributed by atoms with E-state index in [0.29, 0.717) is 19.5 Å². The summed E-state index contributed by atoms with van der Waals surface area (Å²) < 4.78 is 0. The van der Waals surface area contributed by atoms with E-state index in [1.54, 1.807) is 11.8 Å². The Hall–Kier alpha value is -1.30. The molecule has 0 bridgehead atoms. The quantitative estimate of drug-likeness (QED) is 0.658. The fourth-order valence-electron chi connectivity index (χ4n) is 2.39. The average Bonchev–Trinajstić information content (AvgIpc) is 2.87. The third-order valence-corrected chi connectivity index (χ3v) is 3.90. The summed E-state index contributed by atoms with van der Waals surface area (Å²) in [5, 5.41) is 20.8. The summed E-state index contributed by atoms with van der Waals surface area (Å²) in [5.41, 5.74) is 0. The number of aliphatic carboxylic acids is 1. The van der Waals surface area contributed by atoms with Gasteiger partial charge in [-0.2, -0.15) is 0 Å². The van der Waals surface area contributed by atoms with Gasteiger partial charge in [0.15, 0.2) is 0 Å². The normalized spacial score (nSPS) is 21.6. The van der Waals surface area contributed by atoms with Crippen LogP contribution in [0.2, 0.25) is 0 Å². The van der Waals surface area contributed by atoms with Crippen molar-refractivity contribution in [1.82, 2.24) is 10.2 Å². The van der Waals surface area contributed by atoms with Gasteiger partial charge < -0.3 is 20.4 Å². The highest BCUT2D eigenvalue weighted by molar-refractivity contribution is 5.74. The number of carbonyl (C=O) groups is 2. The van der Waals surface area contributed by atoms with E-state index in [1.165, 1.54) is 0 Å². The molecular formula is C14H26N2O4. The lowest BCUT2D eigenvalue weighted by Crippen LogP contribution is -2.42. The van der Waals surface area contributed by atoms with Crippen LogP contribution in [0, 0.1) is 11.8 Å². The Labute approximate surface area is 120 Å². The number of nitrogens with zero attached hydrogens (tertiary/aromatic N) is 1. The first-order chi connectivity index (χ1) is 9.43. The minimum atomic E-state index is -0.770. The Morgan fingerprint density at radius 2 is 2.05 bits per heavy atom. The van der Waals surface area contributed by atoms with Gasteiger partial charge in [0.05, 0.1) is 5.92 Å². The van der Waals surface area contributed by atoms with Crippen molar-refractivity contribution >= 4 is 12.0 Å². The van der Waals surface area contributed by atoms with E-state index in [9.17, 15) is 9.59 Å². The number of rotatable bonds is 7. The molecule has 0 aromatic rings. The lowest BCUT2D eigenvalue weighted by Gasteiger charge is -2.21. The number of carboxylic acid groups (broad SMARTS) is 1. The van der Waals surface area contributed by atoms with Crippen LogP contribution in [0.25, 0.3) is 0 Å². The van der Waals surface area contributed by atoms with Crippen molar-refractivity contribution in [3.63, 3.8) is 0 Å². The second-order valence-electron chi connectivity index (χ2n) is 5.80. The molecule has 3 unspecified atom stereocenters. The summed E-state index contributed by atoms with van der Waals surface area (Å²) in [6.07, 6.45) is 3.05. The lowest BCUT2D eigenvalue weighted by molar-refractivity contribution is -0.141. The minimum absolute atomic E-state index is 0.0386. The van der Waals surface area contributed by atoms with E-state index in [0.717, 1.165) is 19.3 Å². The van der Waals surface area contributed by atoms with Crippen LogP contribution in [-0.2, 0) is 4.79 Å². The van der Waals surface area contributed by atoms with E-state index < -0.39 is 5.97 Å². The van der Waals surface area contributed by atoms with Gasteiger partial charge in [-0.1, -0.05) is 13.3 Å². The molecule has 1 fully saturated rings. The Kier molecular flexibility index (Phi) is 6.78. The molecule has 1 saturated heterocycles. The number of hydrogen-bond donors (Lipinski definition) is 3. The molecule has 116 valence electrons. The number of carbonyl (C=O) groups excluding carboxylic acids is 1. The molecule has 0 aromatic heterocycles. The van der Waals surface area contributed by atoms with Crippen LogP contribution in [0.15, 0.2) is 0 Å². The van der Waals surface area contributed by atoms with Gasteiger partial charge in [0.25, 0.3) is 0 Å². The number of hydrogen-bond acceptors (Lipinski definition) is 3. The van der Waals surface area contributed by atoms with Crippen LogP contribution < -0.4 is 5.32 Å². The summed E-state index contributed by atoms with van der Waals surface area (Å²) in [5.74, 6) is -0.900. The third-order valence-electron chi connectivity index (χ3n) is 3.90. The van der Waals surface area contributed by atoms with Crippen LogP contribution in [-0.4, -0.2) is 52.9 Å². The topological polar surface area (TPSA) is 89.9 Å². The van der Waals surface area contributed by atoms with E-state index >= 15 is 0 Å². The summed E-state index contributed by atoms with van der Waals surface area (Å²) >= 11 is 0. The van der Waals surface area contributed by atoms with Crippen molar-refractivity contribution < 1.29 is 19.8 Å². The Bertz CT molecular complexity index is 335. The molecule has 1 heterocycles. The van der Waals surface area contributed by atoms with E-state index in [1.807, 2.05) is 6.92 Å². The van der Waals surface area contributed by atoms with Crippen molar-refractivity contribution in [2.75, 3.05) is 19.7 Å². The second-order valence-corrected chi connectivity index (χ2v) is 5.80. The molecule has 0 spiro atoms. The first-order valence-corrected chi connectivity index (χ1v) is 7.33. The lowest BCUT2D eigenvalue weighted by atomic mass is 10.0. The summed E-state index contributed by atoms with van der Waals surface area (Å²) in [6, 6.07) is -0.0450. The van der Waals surface area contributed by atoms with Gasteiger partial charge in [0, 0.05) is 31.7 Å². The van der Waals surface area contributed by atoms with Gasteiger partial charge in [-0.25, -0.2) is 4.79 Å². The second kappa shape index (κ2) is 8.09. The minimum Gasteiger partial charge on any atom is -0.481 e. The van der Waals surface area contributed by atoms with Crippen molar-refractivity contribution in [1.29, 1.82) is 0 Å². The fourth-order valence-corrected chi connectivity index (χ4v) is 2.39. The molecular weight excluding hydrogens is 260 g/mol. The van der Waals surface area contributed by atoms with E-state index in [2.05, 4.69) is 5.32 Å². The zero-order valence-electron chi connectivity index (χ0n) is 12.3. The number of aliphatic hydroxyl groups excluding tert-OH is 1. The molecule has 1 aliphatic rings. The maximum absolute atomic E-state index is 12.0. The van der Waals surface area contributed by atoms with Gasteiger partial charge in [-0.15, -0.1) is 0 Å². The molecule has 0 saturated carbocycles. The van der Waals surface area contributed by atoms with Crippen molar-refractivity contribution in [2.24, 2.45) is 11.8 Å². The summed E-state index contributed by atoms with van der Waals surface area (Å²) in [4.78, 5) is 24.4. The molecule has 3 atom stereocenters. The van der Waals surface area contributed by atoms with Gasteiger partial charge in [-0.3, -0.25) is 4.79 Å². The SMILES string of the molecule is CC(CCCC(C)C(=O)O)NC(=O)N1CCC(CO)C1. The van der Waals surface area contributed by atoms with E-state index in [4.69, 9.17) is 10.2 Å². The zero-order chi connectivity index (χ0) is 15.1. The smallest absolute Gasteiger partial charge is 0.317 e. The number of carboxylic acids is 1. The molecule has 1 rings (SSSR count). The average molecular weight is 286 g/mol. The maximum atomic E-state index is 12.0. The third kappa shape index (κ3) is 5.36. The number of aliphatic hydroxyl groups is 1. The van der Waals surface area contributed by atoms with Gasteiger partial charge in [0.2, 0.25) is 0 Å². The summed E-state index contributed by atoms with van der Waals surface area (Å²) in [7, 11) is 0. The van der Waals surface area contributed by atoms with Crippen LogP contribution >= 0.6 is 0 Å². The van der Waals surface area contributed by atoms with Crippen molar-refractivity contribution in [3.8, 4) is 0 Å². The van der Waals surface area contributed by atoms with Crippen molar-refractivity contribution in [2.45, 2.75) is 45.6 Å². The van der Waals surface area contributed by atoms with E-state index in [-0.39, 0.29) is 30.5 Å². The Balaban J connectivity index is 2.20. The number of amides is 2. The Morgan fingerprint density at radius 1 is 1.35 bits per heavy atom.